The van der Waals surface area contributed by atoms with Crippen molar-refractivity contribution in [2.45, 2.75) is 44.3 Å². The molecule has 2 atom stereocenters. The molecule has 206 valence electrons. The van der Waals surface area contributed by atoms with Crippen molar-refractivity contribution in [1.82, 2.24) is 20.2 Å². The summed E-state index contributed by atoms with van der Waals surface area (Å²) in [5.41, 5.74) is 5.81. The summed E-state index contributed by atoms with van der Waals surface area (Å²) in [6.45, 7) is 2.68. The van der Waals surface area contributed by atoms with Gasteiger partial charge in [0, 0.05) is 23.7 Å². The zero-order valence-corrected chi connectivity index (χ0v) is 21.0. The molecule has 0 spiro atoms. The Morgan fingerprint density at radius 3 is 2.51 bits per heavy atom. The molecule has 0 radical (unpaired) electrons. The molecule has 0 bridgehead atoms. The molecule has 3 heterocycles. The zero-order chi connectivity index (χ0) is 27.6. The third-order valence-electron chi connectivity index (χ3n) is 6.82. The number of rotatable bonds is 8. The second-order valence-corrected chi connectivity index (χ2v) is 9.69. The van der Waals surface area contributed by atoms with Crippen LogP contribution in [0.15, 0.2) is 48.5 Å². The maximum absolute atomic E-state index is 13.4. The van der Waals surface area contributed by atoms with Gasteiger partial charge >= 0.3 is 6.18 Å². The van der Waals surface area contributed by atoms with E-state index in [-0.39, 0.29) is 17.6 Å². The number of amides is 1. The lowest BCUT2D eigenvalue weighted by Crippen LogP contribution is -2.35. The molecule has 39 heavy (non-hydrogen) atoms. The van der Waals surface area contributed by atoms with Crippen molar-refractivity contribution in [2.24, 2.45) is 5.73 Å². The lowest BCUT2D eigenvalue weighted by Gasteiger charge is -2.19. The molecule has 1 unspecified atom stereocenters. The predicted octanol–water partition coefficient (Wildman–Crippen LogP) is 3.74. The number of benzene rings is 2. The number of nitrogens with two attached hydrogens (primary N) is 1. The van der Waals surface area contributed by atoms with Gasteiger partial charge in [0.15, 0.2) is 5.82 Å². The van der Waals surface area contributed by atoms with Crippen molar-refractivity contribution in [1.29, 1.82) is 0 Å². The van der Waals surface area contributed by atoms with Gasteiger partial charge in [-0.2, -0.15) is 13.2 Å². The number of anilines is 1. The molecule has 2 aliphatic heterocycles. The van der Waals surface area contributed by atoms with Crippen molar-refractivity contribution in [3.8, 4) is 22.9 Å². The third-order valence-corrected chi connectivity index (χ3v) is 6.82. The Morgan fingerprint density at radius 2 is 1.87 bits per heavy atom. The number of likely N-dealkylation sites (tertiary alicyclic amines) is 1. The van der Waals surface area contributed by atoms with E-state index in [0.29, 0.717) is 48.0 Å². The van der Waals surface area contributed by atoms with Gasteiger partial charge in [0.25, 0.3) is 5.91 Å². The van der Waals surface area contributed by atoms with E-state index in [1.54, 1.807) is 24.3 Å². The van der Waals surface area contributed by atoms with Gasteiger partial charge < -0.3 is 20.9 Å². The first-order valence-corrected chi connectivity index (χ1v) is 12.7. The highest BCUT2D eigenvalue weighted by Crippen LogP contribution is 2.35. The Labute approximate surface area is 223 Å². The lowest BCUT2D eigenvalue weighted by atomic mass is 10.1. The van der Waals surface area contributed by atoms with Gasteiger partial charge in [-0.3, -0.25) is 15.0 Å². The number of aromatic nitrogens is 2. The number of hydrogen-bond donors (Lipinski definition) is 4. The van der Waals surface area contributed by atoms with E-state index in [1.165, 1.54) is 12.1 Å². The van der Waals surface area contributed by atoms with Crippen molar-refractivity contribution in [2.75, 3.05) is 25.0 Å². The highest BCUT2D eigenvalue weighted by Gasteiger charge is 2.31. The van der Waals surface area contributed by atoms with Crippen LogP contribution in [0.5, 0.6) is 11.5 Å². The monoisotopic (exact) mass is 542 g/mol. The number of aliphatic hydroxyl groups excluding tert-OH is 1. The number of halogens is 3. The van der Waals surface area contributed by atoms with E-state index in [0.717, 1.165) is 38.1 Å². The van der Waals surface area contributed by atoms with E-state index in [2.05, 4.69) is 25.5 Å². The molecular formula is C27H29F3N6O3. The van der Waals surface area contributed by atoms with E-state index in [9.17, 15) is 23.1 Å². The largest absolute Gasteiger partial charge is 0.457 e. The summed E-state index contributed by atoms with van der Waals surface area (Å²) in [7, 11) is 0. The number of hydrogen-bond acceptors (Lipinski definition) is 8. The van der Waals surface area contributed by atoms with Crippen LogP contribution < -0.4 is 21.1 Å². The number of carbonyl (C=O) groups excluding carboxylic acids is 1. The number of nitrogens with zero attached hydrogens (tertiary/aromatic N) is 3. The molecule has 5 rings (SSSR count). The minimum absolute atomic E-state index is 0.0135. The molecular weight excluding hydrogens is 513 g/mol. The summed E-state index contributed by atoms with van der Waals surface area (Å²) in [5.74, 6) is 0.637. The molecule has 5 N–H and O–H groups in total. The Kier molecular flexibility index (Phi) is 7.69. The number of ether oxygens (including phenoxy) is 1. The molecule has 9 nitrogen and oxygen atoms in total. The quantitative estimate of drug-likeness (QED) is 0.339. The fourth-order valence-corrected chi connectivity index (χ4v) is 4.76. The summed E-state index contributed by atoms with van der Waals surface area (Å²) in [6.07, 6.45) is -2.49. The van der Waals surface area contributed by atoms with Crippen LogP contribution in [0.2, 0.25) is 0 Å². The Balaban J connectivity index is 1.38. The van der Waals surface area contributed by atoms with Gasteiger partial charge in [-0.15, -0.1) is 0 Å². The second kappa shape index (κ2) is 11.2. The molecule has 2 aromatic carbocycles. The number of alkyl halides is 3. The first-order valence-electron chi connectivity index (χ1n) is 12.7. The van der Waals surface area contributed by atoms with Gasteiger partial charge in [-0.25, -0.2) is 9.97 Å². The van der Waals surface area contributed by atoms with Crippen LogP contribution in [0, 0.1) is 0 Å². The standard InChI is InChI=1S/C27H29F3N6O3/c28-27(29,30)18-5-8-22(17(13-18)15-36-11-1-2-12-36)39-19-6-3-16(4-7-19)25-34-21(24(31)37)14-23(35-25)33-20-9-10-32-26(20)38/h3-8,13-14,20,26,32,38H,1-2,9-12,15H2,(H2,31,37)(H,33,34,35)/t20-,26?/m0/s1. The van der Waals surface area contributed by atoms with Crippen LogP contribution in [-0.4, -0.2) is 57.8 Å². The Morgan fingerprint density at radius 1 is 1.13 bits per heavy atom. The summed E-state index contributed by atoms with van der Waals surface area (Å²) < 4.78 is 46.1. The molecule has 2 aliphatic rings. The first kappa shape index (κ1) is 26.9. The van der Waals surface area contributed by atoms with Crippen LogP contribution in [-0.2, 0) is 12.7 Å². The van der Waals surface area contributed by atoms with E-state index >= 15 is 0 Å². The Hall–Kier alpha value is -3.74. The van der Waals surface area contributed by atoms with Crippen LogP contribution in [0.4, 0.5) is 19.0 Å². The zero-order valence-electron chi connectivity index (χ0n) is 21.0. The fraction of sp³-hybridized carbons (Fsp3) is 0.370. The Bertz CT molecular complexity index is 1330. The van der Waals surface area contributed by atoms with Gasteiger partial charge in [0.05, 0.1) is 11.6 Å². The molecule has 2 fully saturated rings. The molecule has 0 aliphatic carbocycles. The fourth-order valence-electron chi connectivity index (χ4n) is 4.76. The normalized spacial score (nSPS) is 19.8. The molecule has 0 saturated carbocycles. The minimum atomic E-state index is -4.44. The third kappa shape index (κ3) is 6.47. The average Bonchev–Trinajstić information content (AvgIpc) is 3.56. The highest BCUT2D eigenvalue weighted by molar-refractivity contribution is 5.92. The molecule has 1 amide bonds. The van der Waals surface area contributed by atoms with Crippen LogP contribution in [0.25, 0.3) is 11.4 Å². The summed E-state index contributed by atoms with van der Waals surface area (Å²) in [5, 5.41) is 16.1. The van der Waals surface area contributed by atoms with Crippen molar-refractivity contribution in [3.05, 3.63) is 65.4 Å². The predicted molar refractivity (Wildman–Crippen MR) is 138 cm³/mol. The highest BCUT2D eigenvalue weighted by atomic mass is 19.4. The van der Waals surface area contributed by atoms with Gasteiger partial charge in [0.1, 0.15) is 29.2 Å². The molecule has 3 aromatic rings. The van der Waals surface area contributed by atoms with Crippen LogP contribution >= 0.6 is 0 Å². The van der Waals surface area contributed by atoms with Gasteiger partial charge in [0.2, 0.25) is 0 Å². The van der Waals surface area contributed by atoms with E-state index in [4.69, 9.17) is 10.5 Å². The maximum atomic E-state index is 13.4. The van der Waals surface area contributed by atoms with E-state index in [1.807, 2.05) is 0 Å². The number of carbonyl (C=O) groups is 1. The van der Waals surface area contributed by atoms with Crippen molar-refractivity contribution in [3.63, 3.8) is 0 Å². The summed E-state index contributed by atoms with van der Waals surface area (Å²) in [4.78, 5) is 22.7. The molecule has 2 saturated heterocycles. The number of aliphatic hydroxyl groups is 1. The SMILES string of the molecule is NC(=O)c1cc(N[C@H]2CCNC2O)nc(-c2ccc(Oc3ccc(C(F)(F)F)cc3CN3CCCC3)cc2)n1. The number of nitrogens with one attached hydrogen (secondary N) is 2. The smallest absolute Gasteiger partial charge is 0.416 e. The second-order valence-electron chi connectivity index (χ2n) is 9.69. The van der Waals surface area contributed by atoms with Gasteiger partial charge in [-0.1, -0.05) is 0 Å². The average molecular weight is 543 g/mol. The van der Waals surface area contributed by atoms with Crippen molar-refractivity contribution >= 4 is 11.7 Å². The molecule has 12 heteroatoms. The topological polar surface area (TPSA) is 126 Å². The maximum Gasteiger partial charge on any atom is 0.416 e. The molecule has 1 aromatic heterocycles. The summed E-state index contributed by atoms with van der Waals surface area (Å²) in [6, 6.07) is 11.4. The lowest BCUT2D eigenvalue weighted by molar-refractivity contribution is -0.137. The number of primary amides is 1. The minimum Gasteiger partial charge on any atom is -0.457 e. The van der Waals surface area contributed by atoms with Crippen LogP contribution in [0.1, 0.15) is 40.9 Å². The van der Waals surface area contributed by atoms with Crippen molar-refractivity contribution < 1.29 is 27.8 Å². The van der Waals surface area contributed by atoms with E-state index < -0.39 is 23.9 Å². The van der Waals surface area contributed by atoms with Gasteiger partial charge in [-0.05, 0) is 81.4 Å². The van der Waals surface area contributed by atoms with Crippen LogP contribution in [0.3, 0.4) is 0 Å². The first-order chi connectivity index (χ1) is 18.7. The summed E-state index contributed by atoms with van der Waals surface area (Å²) >= 11 is 0.